The Labute approximate surface area is 188 Å². The third kappa shape index (κ3) is 4.00. The number of fused-ring (bicyclic) bond motifs is 1. The summed E-state index contributed by atoms with van der Waals surface area (Å²) in [5, 5.41) is 14.9. The Morgan fingerprint density at radius 2 is 1.88 bits per heavy atom. The summed E-state index contributed by atoms with van der Waals surface area (Å²) in [6.45, 7) is 4.75. The zero-order valence-electron chi connectivity index (χ0n) is 18.6. The van der Waals surface area contributed by atoms with E-state index in [4.69, 9.17) is 9.72 Å². The maximum absolute atomic E-state index is 6.40. The summed E-state index contributed by atoms with van der Waals surface area (Å²) in [6, 6.07) is 16.8. The van der Waals surface area contributed by atoms with E-state index in [1.54, 1.807) is 0 Å². The Kier molecular flexibility index (Phi) is 5.67. The molecule has 1 aliphatic carbocycles. The Hall–Kier alpha value is -3.54. The topological polar surface area (TPSA) is 76.6 Å². The molecule has 0 bridgehead atoms. The van der Waals surface area contributed by atoms with Crippen LogP contribution in [0.2, 0.25) is 0 Å². The van der Waals surface area contributed by atoms with Gasteiger partial charge in [0.15, 0.2) is 0 Å². The van der Waals surface area contributed by atoms with Gasteiger partial charge >= 0.3 is 0 Å². The van der Waals surface area contributed by atoms with Gasteiger partial charge < -0.3 is 4.74 Å². The Morgan fingerprint density at radius 3 is 2.66 bits per heavy atom. The zero-order valence-corrected chi connectivity index (χ0v) is 18.6. The molecule has 0 radical (unpaired) electrons. The standard InChI is InChI=1S/C26H27N5O/c1-3-20-15-24(21-11-7-8-12-23(21)27-20)32-16-18-13-17(2)25(19-9-5-4-6-10-19)22(14-18)26-28-30-31-29-26/h4-6,9-10,13-15H,3,7-8,11-12,16H2,1-2H3,(H,28,29,30,31). The molecule has 0 aliphatic heterocycles. The van der Waals surface area contributed by atoms with Crippen molar-refractivity contribution in [3.63, 3.8) is 0 Å². The van der Waals surface area contributed by atoms with Crippen molar-refractivity contribution in [3.8, 4) is 28.3 Å². The molecule has 0 fully saturated rings. The summed E-state index contributed by atoms with van der Waals surface area (Å²) < 4.78 is 6.40. The van der Waals surface area contributed by atoms with Gasteiger partial charge in [-0.15, -0.1) is 10.2 Å². The molecule has 0 saturated heterocycles. The number of aromatic nitrogens is 5. The molecule has 0 amide bonds. The fraction of sp³-hybridized carbons (Fsp3) is 0.308. The summed E-state index contributed by atoms with van der Waals surface area (Å²) in [7, 11) is 0. The summed E-state index contributed by atoms with van der Waals surface area (Å²) in [5.74, 6) is 1.57. The number of hydrogen-bond acceptors (Lipinski definition) is 5. The SMILES string of the molecule is CCc1cc(OCc2cc(C)c(-c3ccccc3)c(-c3nn[nH]n3)c2)c2c(n1)CCCC2. The quantitative estimate of drug-likeness (QED) is 0.456. The fourth-order valence-corrected chi connectivity index (χ4v) is 4.58. The third-order valence-corrected chi connectivity index (χ3v) is 6.11. The molecule has 0 atom stereocenters. The van der Waals surface area contributed by atoms with E-state index in [1.165, 1.54) is 24.1 Å². The lowest BCUT2D eigenvalue weighted by molar-refractivity contribution is 0.300. The molecule has 2 aromatic carbocycles. The normalized spacial score (nSPS) is 13.1. The van der Waals surface area contributed by atoms with Crippen molar-refractivity contribution in [3.05, 3.63) is 76.6 Å². The Bertz CT molecular complexity index is 1220. The third-order valence-electron chi connectivity index (χ3n) is 6.11. The van der Waals surface area contributed by atoms with E-state index >= 15 is 0 Å². The van der Waals surface area contributed by atoms with Crippen LogP contribution in [0.5, 0.6) is 5.75 Å². The molecule has 1 N–H and O–H groups in total. The van der Waals surface area contributed by atoms with Gasteiger partial charge in [0.25, 0.3) is 0 Å². The van der Waals surface area contributed by atoms with Crippen molar-refractivity contribution in [2.75, 3.05) is 0 Å². The van der Waals surface area contributed by atoms with Crippen LogP contribution in [-0.2, 0) is 25.9 Å². The Morgan fingerprint density at radius 1 is 1.03 bits per heavy atom. The highest BCUT2D eigenvalue weighted by molar-refractivity contribution is 5.83. The van der Waals surface area contributed by atoms with Crippen LogP contribution in [0.4, 0.5) is 0 Å². The van der Waals surface area contributed by atoms with Crippen LogP contribution in [0.15, 0.2) is 48.5 Å². The zero-order chi connectivity index (χ0) is 21.9. The second-order valence-electron chi connectivity index (χ2n) is 8.32. The van der Waals surface area contributed by atoms with Crippen LogP contribution in [0.1, 0.15) is 47.8 Å². The van der Waals surface area contributed by atoms with E-state index in [9.17, 15) is 0 Å². The molecule has 0 unspecified atom stereocenters. The van der Waals surface area contributed by atoms with Gasteiger partial charge in [-0.1, -0.05) is 43.3 Å². The van der Waals surface area contributed by atoms with Crippen molar-refractivity contribution >= 4 is 0 Å². The van der Waals surface area contributed by atoms with Crippen LogP contribution >= 0.6 is 0 Å². The maximum Gasteiger partial charge on any atom is 0.205 e. The minimum Gasteiger partial charge on any atom is -0.488 e. The van der Waals surface area contributed by atoms with E-state index in [1.807, 2.05) is 18.2 Å². The van der Waals surface area contributed by atoms with Crippen LogP contribution in [0, 0.1) is 6.92 Å². The van der Waals surface area contributed by atoms with E-state index in [2.05, 4.69) is 64.8 Å². The first-order valence-corrected chi connectivity index (χ1v) is 11.3. The molecule has 0 saturated carbocycles. The number of tetrazole rings is 1. The minimum atomic E-state index is 0.486. The molecule has 6 nitrogen and oxygen atoms in total. The van der Waals surface area contributed by atoms with Crippen molar-refractivity contribution in [2.24, 2.45) is 0 Å². The maximum atomic E-state index is 6.40. The highest BCUT2D eigenvalue weighted by Gasteiger charge is 2.19. The molecule has 162 valence electrons. The van der Waals surface area contributed by atoms with Crippen LogP contribution < -0.4 is 4.74 Å². The van der Waals surface area contributed by atoms with Crippen LogP contribution in [0.3, 0.4) is 0 Å². The number of ether oxygens (including phenoxy) is 1. The summed E-state index contributed by atoms with van der Waals surface area (Å²) in [6.07, 6.45) is 5.41. The van der Waals surface area contributed by atoms with Gasteiger partial charge in [0, 0.05) is 28.6 Å². The average Bonchev–Trinajstić information content (AvgIpc) is 3.37. The van der Waals surface area contributed by atoms with Crippen LogP contribution in [-0.4, -0.2) is 25.6 Å². The number of aryl methyl sites for hydroxylation is 3. The lowest BCUT2D eigenvalue weighted by atomic mass is 9.92. The lowest BCUT2D eigenvalue weighted by Gasteiger charge is -2.20. The molecular weight excluding hydrogens is 398 g/mol. The van der Waals surface area contributed by atoms with E-state index in [0.717, 1.165) is 58.5 Å². The van der Waals surface area contributed by atoms with Crippen molar-refractivity contribution in [2.45, 2.75) is 52.6 Å². The number of hydrogen-bond donors (Lipinski definition) is 1. The molecule has 32 heavy (non-hydrogen) atoms. The number of nitrogens with zero attached hydrogens (tertiary/aromatic N) is 4. The van der Waals surface area contributed by atoms with Gasteiger partial charge in [0.1, 0.15) is 12.4 Å². The molecule has 2 heterocycles. The molecular formula is C26H27N5O. The van der Waals surface area contributed by atoms with Crippen molar-refractivity contribution < 1.29 is 4.74 Å². The highest BCUT2D eigenvalue weighted by atomic mass is 16.5. The van der Waals surface area contributed by atoms with E-state index in [-0.39, 0.29) is 0 Å². The molecule has 4 aromatic rings. The predicted molar refractivity (Wildman–Crippen MR) is 124 cm³/mol. The largest absolute Gasteiger partial charge is 0.488 e. The summed E-state index contributed by atoms with van der Waals surface area (Å²) >= 11 is 0. The number of aromatic amines is 1. The van der Waals surface area contributed by atoms with Gasteiger partial charge in [-0.2, -0.15) is 5.21 Å². The summed E-state index contributed by atoms with van der Waals surface area (Å²) in [4.78, 5) is 4.85. The minimum absolute atomic E-state index is 0.486. The summed E-state index contributed by atoms with van der Waals surface area (Å²) in [5.41, 5.74) is 9.04. The number of rotatable bonds is 6. The van der Waals surface area contributed by atoms with Gasteiger partial charge in [-0.05, 0) is 72.6 Å². The van der Waals surface area contributed by atoms with Gasteiger partial charge in [0.2, 0.25) is 5.82 Å². The number of H-pyrrole nitrogens is 1. The molecule has 2 aromatic heterocycles. The first-order valence-electron chi connectivity index (χ1n) is 11.3. The number of nitrogens with one attached hydrogen (secondary N) is 1. The fourth-order valence-electron chi connectivity index (χ4n) is 4.58. The molecule has 1 aliphatic rings. The number of benzene rings is 2. The van der Waals surface area contributed by atoms with Gasteiger partial charge in [0.05, 0.1) is 0 Å². The van der Waals surface area contributed by atoms with E-state index < -0.39 is 0 Å². The van der Waals surface area contributed by atoms with Gasteiger partial charge in [-0.3, -0.25) is 4.98 Å². The highest BCUT2D eigenvalue weighted by Crippen LogP contribution is 2.35. The molecule has 5 rings (SSSR count). The lowest BCUT2D eigenvalue weighted by Crippen LogP contribution is -2.10. The van der Waals surface area contributed by atoms with Gasteiger partial charge in [-0.25, -0.2) is 0 Å². The molecule has 0 spiro atoms. The Balaban J connectivity index is 1.51. The first-order chi connectivity index (χ1) is 15.7. The number of pyridine rings is 1. The van der Waals surface area contributed by atoms with Crippen molar-refractivity contribution in [1.82, 2.24) is 25.6 Å². The van der Waals surface area contributed by atoms with E-state index in [0.29, 0.717) is 12.4 Å². The van der Waals surface area contributed by atoms with Crippen molar-refractivity contribution in [1.29, 1.82) is 0 Å². The first kappa shape index (κ1) is 20.4. The second kappa shape index (κ2) is 8.91. The average molecular weight is 426 g/mol. The predicted octanol–water partition coefficient (Wildman–Crippen LogP) is 5.26. The molecule has 6 heteroatoms. The van der Waals surface area contributed by atoms with Crippen LogP contribution in [0.25, 0.3) is 22.5 Å². The smallest absolute Gasteiger partial charge is 0.205 e. The second-order valence-corrected chi connectivity index (χ2v) is 8.32. The monoisotopic (exact) mass is 425 g/mol.